The highest BCUT2D eigenvalue weighted by molar-refractivity contribution is 5.45. The minimum Gasteiger partial charge on any atom is -0.385 e. The molecule has 114 valence electrons. The molecule has 1 rings (SSSR count). The standard InChI is InChI=1S/C15H28N4O/c1-14(2,3)13-18-11(16)9-12(19-13)17-10-15(4,5)7-8-20-6/h9H,7-8,10H2,1-6H3,(H3,16,17,18,19). The molecule has 5 heteroatoms. The van der Waals surface area contributed by atoms with Gasteiger partial charge in [0, 0.05) is 31.7 Å². The summed E-state index contributed by atoms with van der Waals surface area (Å²) in [5.41, 5.74) is 5.89. The molecular weight excluding hydrogens is 252 g/mol. The largest absolute Gasteiger partial charge is 0.385 e. The predicted octanol–water partition coefficient (Wildman–Crippen LogP) is 2.83. The Labute approximate surface area is 122 Å². The van der Waals surface area contributed by atoms with Gasteiger partial charge in [-0.2, -0.15) is 0 Å². The highest BCUT2D eigenvalue weighted by atomic mass is 16.5. The van der Waals surface area contributed by atoms with Crippen molar-refractivity contribution in [1.29, 1.82) is 0 Å². The van der Waals surface area contributed by atoms with Gasteiger partial charge in [0.2, 0.25) is 0 Å². The number of nitrogens with one attached hydrogen (secondary N) is 1. The third-order valence-corrected chi connectivity index (χ3v) is 3.15. The van der Waals surface area contributed by atoms with E-state index in [1.54, 1.807) is 13.2 Å². The summed E-state index contributed by atoms with van der Waals surface area (Å²) in [6.45, 7) is 12.2. The summed E-state index contributed by atoms with van der Waals surface area (Å²) in [5, 5.41) is 3.36. The molecular formula is C15H28N4O. The molecule has 0 saturated carbocycles. The van der Waals surface area contributed by atoms with Gasteiger partial charge in [-0.3, -0.25) is 0 Å². The van der Waals surface area contributed by atoms with Crippen LogP contribution in [0, 0.1) is 5.41 Å². The summed E-state index contributed by atoms with van der Waals surface area (Å²) >= 11 is 0. The Bertz CT molecular complexity index is 438. The fraction of sp³-hybridized carbons (Fsp3) is 0.733. The summed E-state index contributed by atoms with van der Waals surface area (Å²) in [5.74, 6) is 2.05. The van der Waals surface area contributed by atoms with Crippen molar-refractivity contribution in [3.63, 3.8) is 0 Å². The van der Waals surface area contributed by atoms with Gasteiger partial charge in [-0.25, -0.2) is 9.97 Å². The maximum Gasteiger partial charge on any atom is 0.138 e. The minimum absolute atomic E-state index is 0.114. The first kappa shape index (κ1) is 16.7. The average Bonchev–Trinajstić information content (AvgIpc) is 2.32. The minimum atomic E-state index is -0.114. The Kier molecular flexibility index (Phi) is 5.34. The zero-order valence-electron chi connectivity index (χ0n) is 13.6. The molecule has 0 aliphatic carbocycles. The number of nitrogen functional groups attached to an aromatic ring is 1. The molecule has 3 N–H and O–H groups in total. The van der Waals surface area contributed by atoms with Crippen LogP contribution in [0.5, 0.6) is 0 Å². The molecule has 1 aromatic rings. The molecule has 0 unspecified atom stereocenters. The molecule has 1 heterocycles. The average molecular weight is 280 g/mol. The van der Waals surface area contributed by atoms with Gasteiger partial charge >= 0.3 is 0 Å². The Hall–Kier alpha value is -1.36. The number of aromatic nitrogens is 2. The van der Waals surface area contributed by atoms with E-state index in [4.69, 9.17) is 10.5 Å². The first-order valence-corrected chi connectivity index (χ1v) is 7.02. The van der Waals surface area contributed by atoms with Crippen molar-refractivity contribution in [2.45, 2.75) is 46.5 Å². The summed E-state index contributed by atoms with van der Waals surface area (Å²) in [7, 11) is 1.73. The van der Waals surface area contributed by atoms with Crippen molar-refractivity contribution >= 4 is 11.6 Å². The van der Waals surface area contributed by atoms with Crippen molar-refractivity contribution in [2.75, 3.05) is 31.3 Å². The highest BCUT2D eigenvalue weighted by Crippen LogP contribution is 2.24. The fourth-order valence-corrected chi connectivity index (χ4v) is 1.69. The number of methoxy groups -OCH3 is 1. The summed E-state index contributed by atoms with van der Waals surface area (Å²) in [4.78, 5) is 8.86. The van der Waals surface area contributed by atoms with E-state index >= 15 is 0 Å². The predicted molar refractivity (Wildman–Crippen MR) is 83.9 cm³/mol. The lowest BCUT2D eigenvalue weighted by atomic mass is 9.90. The van der Waals surface area contributed by atoms with Gasteiger partial charge < -0.3 is 15.8 Å². The molecule has 1 aromatic heterocycles. The van der Waals surface area contributed by atoms with Gasteiger partial charge in [-0.1, -0.05) is 34.6 Å². The summed E-state index contributed by atoms with van der Waals surface area (Å²) < 4.78 is 5.14. The molecule has 0 fully saturated rings. The number of nitrogens with zero attached hydrogens (tertiary/aromatic N) is 2. The molecule has 0 aromatic carbocycles. The van der Waals surface area contributed by atoms with Crippen LogP contribution in [0.3, 0.4) is 0 Å². The normalized spacial score (nSPS) is 12.5. The van der Waals surface area contributed by atoms with Gasteiger partial charge in [0.1, 0.15) is 17.5 Å². The number of anilines is 2. The quantitative estimate of drug-likeness (QED) is 0.838. The van der Waals surface area contributed by atoms with Crippen LogP contribution in [0.1, 0.15) is 46.9 Å². The Balaban J connectivity index is 2.76. The van der Waals surface area contributed by atoms with Crippen molar-refractivity contribution in [2.24, 2.45) is 5.41 Å². The molecule has 0 bridgehead atoms. The van der Waals surface area contributed by atoms with E-state index in [2.05, 4.69) is 49.9 Å². The van der Waals surface area contributed by atoms with Crippen LogP contribution in [0.2, 0.25) is 0 Å². The number of rotatable bonds is 6. The first-order valence-electron chi connectivity index (χ1n) is 7.02. The molecule has 0 radical (unpaired) electrons. The summed E-state index contributed by atoms with van der Waals surface area (Å²) in [6.07, 6.45) is 0.989. The molecule has 0 aliphatic rings. The zero-order chi connectivity index (χ0) is 15.4. The smallest absolute Gasteiger partial charge is 0.138 e. The molecule has 5 nitrogen and oxygen atoms in total. The van der Waals surface area contributed by atoms with Crippen LogP contribution >= 0.6 is 0 Å². The Morgan fingerprint density at radius 3 is 2.40 bits per heavy atom. The number of hydrogen-bond acceptors (Lipinski definition) is 5. The van der Waals surface area contributed by atoms with Gasteiger partial charge in [-0.15, -0.1) is 0 Å². The molecule has 0 saturated heterocycles. The second-order valence-corrected chi connectivity index (χ2v) is 7.01. The summed E-state index contributed by atoms with van der Waals surface area (Å²) in [6, 6.07) is 1.78. The lowest BCUT2D eigenvalue weighted by Crippen LogP contribution is -2.26. The van der Waals surface area contributed by atoms with Crippen LogP contribution in [0.4, 0.5) is 11.6 Å². The monoisotopic (exact) mass is 280 g/mol. The van der Waals surface area contributed by atoms with Crippen molar-refractivity contribution in [3.05, 3.63) is 11.9 Å². The van der Waals surface area contributed by atoms with Crippen LogP contribution < -0.4 is 11.1 Å². The van der Waals surface area contributed by atoms with E-state index in [-0.39, 0.29) is 10.8 Å². The SMILES string of the molecule is COCCC(C)(C)CNc1cc(N)nc(C(C)(C)C)n1. The van der Waals surface area contributed by atoms with E-state index in [1.807, 2.05) is 0 Å². The second-order valence-electron chi connectivity index (χ2n) is 7.01. The maximum atomic E-state index is 5.86. The zero-order valence-corrected chi connectivity index (χ0v) is 13.6. The van der Waals surface area contributed by atoms with Crippen LogP contribution in [-0.4, -0.2) is 30.2 Å². The number of ether oxygens (including phenoxy) is 1. The van der Waals surface area contributed by atoms with Gasteiger partial charge in [0.05, 0.1) is 0 Å². The van der Waals surface area contributed by atoms with Gasteiger partial charge in [0.25, 0.3) is 0 Å². The molecule has 0 aliphatic heterocycles. The number of nitrogens with two attached hydrogens (primary N) is 1. The van der Waals surface area contributed by atoms with E-state index in [0.717, 1.165) is 31.2 Å². The highest BCUT2D eigenvalue weighted by Gasteiger charge is 2.20. The van der Waals surface area contributed by atoms with Crippen LogP contribution in [0.15, 0.2) is 6.07 Å². The Morgan fingerprint density at radius 2 is 1.85 bits per heavy atom. The number of hydrogen-bond donors (Lipinski definition) is 2. The van der Waals surface area contributed by atoms with Crippen LogP contribution in [0.25, 0.3) is 0 Å². The first-order chi connectivity index (χ1) is 9.14. The fourth-order valence-electron chi connectivity index (χ4n) is 1.69. The third kappa shape index (κ3) is 5.33. The van der Waals surface area contributed by atoms with E-state index in [0.29, 0.717) is 5.82 Å². The van der Waals surface area contributed by atoms with Crippen molar-refractivity contribution < 1.29 is 4.74 Å². The van der Waals surface area contributed by atoms with Gasteiger partial charge in [-0.05, 0) is 11.8 Å². The molecule has 0 amide bonds. The van der Waals surface area contributed by atoms with Gasteiger partial charge in [0.15, 0.2) is 0 Å². The maximum absolute atomic E-state index is 5.86. The topological polar surface area (TPSA) is 73.1 Å². The Morgan fingerprint density at radius 1 is 1.20 bits per heavy atom. The third-order valence-electron chi connectivity index (χ3n) is 3.15. The van der Waals surface area contributed by atoms with E-state index in [9.17, 15) is 0 Å². The lowest BCUT2D eigenvalue weighted by molar-refractivity contribution is 0.157. The lowest BCUT2D eigenvalue weighted by Gasteiger charge is -2.25. The van der Waals surface area contributed by atoms with E-state index < -0.39 is 0 Å². The molecule has 20 heavy (non-hydrogen) atoms. The van der Waals surface area contributed by atoms with Crippen molar-refractivity contribution in [3.8, 4) is 0 Å². The molecule has 0 atom stereocenters. The van der Waals surface area contributed by atoms with Crippen molar-refractivity contribution in [1.82, 2.24) is 9.97 Å². The van der Waals surface area contributed by atoms with Crippen LogP contribution in [-0.2, 0) is 10.2 Å². The second kappa shape index (κ2) is 6.39. The van der Waals surface area contributed by atoms with E-state index in [1.165, 1.54) is 0 Å². The molecule has 0 spiro atoms.